The van der Waals surface area contributed by atoms with Gasteiger partial charge in [0, 0.05) is 34.4 Å². The summed E-state index contributed by atoms with van der Waals surface area (Å²) in [6, 6.07) is 18.3. The Hall–Kier alpha value is -2.38. The number of amides is 1. The largest absolute Gasteiger partial charge is 0.322 e. The molecule has 1 amide bonds. The average molecular weight is 461 g/mol. The van der Waals surface area contributed by atoms with Crippen molar-refractivity contribution in [2.45, 2.75) is 17.9 Å². The fourth-order valence-corrected chi connectivity index (χ4v) is 5.05. The minimum absolute atomic E-state index is 0.211. The Bertz CT molecular complexity index is 1190. The summed E-state index contributed by atoms with van der Waals surface area (Å²) in [5.41, 5.74) is 3.04. The van der Waals surface area contributed by atoms with E-state index in [0.717, 1.165) is 11.1 Å². The molecule has 0 fully saturated rings. The SMILES string of the molecule is O=C(Nc1ccc2c(c1)CN(S(=O)(=O)c1ccc(Cl)cc1)CC2)c1ccc(Cl)cc1. The molecule has 8 heteroatoms. The van der Waals surface area contributed by atoms with E-state index in [2.05, 4.69) is 5.32 Å². The van der Waals surface area contributed by atoms with Crippen LogP contribution in [0.25, 0.3) is 0 Å². The predicted molar refractivity (Wildman–Crippen MR) is 119 cm³/mol. The fourth-order valence-electron chi connectivity index (χ4n) is 3.37. The first-order chi connectivity index (χ1) is 14.3. The lowest BCUT2D eigenvalue weighted by Crippen LogP contribution is -2.36. The Labute approximate surface area is 185 Å². The van der Waals surface area contributed by atoms with Crippen LogP contribution in [0.2, 0.25) is 10.0 Å². The molecule has 0 aliphatic carbocycles. The maximum Gasteiger partial charge on any atom is 0.255 e. The molecule has 0 aromatic heterocycles. The van der Waals surface area contributed by atoms with Gasteiger partial charge in [-0.2, -0.15) is 4.31 Å². The summed E-state index contributed by atoms with van der Waals surface area (Å²) in [4.78, 5) is 12.7. The molecule has 154 valence electrons. The Balaban J connectivity index is 1.54. The highest BCUT2D eigenvalue weighted by atomic mass is 35.5. The molecule has 0 saturated heterocycles. The molecule has 1 heterocycles. The molecule has 0 saturated carbocycles. The second-order valence-corrected chi connectivity index (χ2v) is 9.80. The van der Waals surface area contributed by atoms with E-state index in [4.69, 9.17) is 23.2 Å². The second-order valence-electron chi connectivity index (χ2n) is 6.99. The first kappa shape index (κ1) is 20.9. The summed E-state index contributed by atoms with van der Waals surface area (Å²) in [5, 5.41) is 3.90. The van der Waals surface area contributed by atoms with Gasteiger partial charge in [0.25, 0.3) is 5.91 Å². The van der Waals surface area contributed by atoms with Gasteiger partial charge in [-0.05, 0) is 78.2 Å². The van der Waals surface area contributed by atoms with Crippen LogP contribution in [0, 0.1) is 0 Å². The van der Waals surface area contributed by atoms with Gasteiger partial charge in [0.05, 0.1) is 4.90 Å². The van der Waals surface area contributed by atoms with Crippen molar-refractivity contribution in [3.8, 4) is 0 Å². The van der Waals surface area contributed by atoms with E-state index in [1.165, 1.54) is 16.4 Å². The van der Waals surface area contributed by atoms with Crippen molar-refractivity contribution in [3.63, 3.8) is 0 Å². The predicted octanol–water partition coefficient (Wildman–Crippen LogP) is 4.99. The van der Waals surface area contributed by atoms with E-state index in [1.54, 1.807) is 36.4 Å². The number of carbonyl (C=O) groups excluding carboxylic acids is 1. The molecule has 0 spiro atoms. The van der Waals surface area contributed by atoms with Crippen molar-refractivity contribution in [2.24, 2.45) is 0 Å². The summed E-state index contributed by atoms with van der Waals surface area (Å²) < 4.78 is 27.4. The summed E-state index contributed by atoms with van der Waals surface area (Å²) in [7, 11) is -3.63. The Kier molecular flexibility index (Phi) is 5.84. The molecule has 0 bridgehead atoms. The molecule has 0 radical (unpaired) electrons. The van der Waals surface area contributed by atoms with Crippen LogP contribution in [0.4, 0.5) is 5.69 Å². The molecule has 4 rings (SSSR count). The number of fused-ring (bicyclic) bond motifs is 1. The van der Waals surface area contributed by atoms with Crippen molar-refractivity contribution in [1.29, 1.82) is 0 Å². The lowest BCUT2D eigenvalue weighted by atomic mass is 10.0. The number of sulfonamides is 1. The third-order valence-corrected chi connectivity index (χ3v) is 7.36. The van der Waals surface area contributed by atoms with Crippen molar-refractivity contribution in [1.82, 2.24) is 4.31 Å². The number of halogens is 2. The number of nitrogens with zero attached hydrogens (tertiary/aromatic N) is 1. The van der Waals surface area contributed by atoms with Crippen molar-refractivity contribution >= 4 is 44.8 Å². The van der Waals surface area contributed by atoms with Crippen LogP contribution in [-0.4, -0.2) is 25.2 Å². The maximum atomic E-state index is 13.0. The molecule has 1 aliphatic heterocycles. The zero-order valence-corrected chi connectivity index (χ0v) is 18.1. The standard InChI is InChI=1S/C22H18Cl2N2O3S/c23-18-4-1-16(2-5-18)22(27)25-20-8-3-15-11-12-26(14-17(15)13-20)30(28,29)21-9-6-19(24)7-10-21/h1-10,13H,11-12,14H2,(H,25,27). The van der Waals surface area contributed by atoms with Crippen LogP contribution < -0.4 is 5.32 Å². The van der Waals surface area contributed by atoms with E-state index in [1.807, 2.05) is 18.2 Å². The van der Waals surface area contributed by atoms with Gasteiger partial charge in [-0.25, -0.2) is 8.42 Å². The smallest absolute Gasteiger partial charge is 0.255 e. The Morgan fingerprint density at radius 1 is 0.867 bits per heavy atom. The van der Waals surface area contributed by atoms with Gasteiger partial charge in [-0.3, -0.25) is 4.79 Å². The van der Waals surface area contributed by atoms with Crippen molar-refractivity contribution < 1.29 is 13.2 Å². The molecule has 5 nitrogen and oxygen atoms in total. The molecule has 0 atom stereocenters. The summed E-state index contributed by atoms with van der Waals surface area (Å²) in [6.45, 7) is 0.638. The minimum atomic E-state index is -3.63. The first-order valence-corrected chi connectivity index (χ1v) is 11.5. The first-order valence-electron chi connectivity index (χ1n) is 9.27. The maximum absolute atomic E-state index is 13.0. The minimum Gasteiger partial charge on any atom is -0.322 e. The van der Waals surface area contributed by atoms with Gasteiger partial charge in [0.15, 0.2) is 0 Å². The molecule has 1 N–H and O–H groups in total. The van der Waals surface area contributed by atoms with Crippen LogP contribution in [-0.2, 0) is 23.0 Å². The molecule has 3 aromatic rings. The van der Waals surface area contributed by atoms with Gasteiger partial charge < -0.3 is 5.32 Å². The molecule has 1 aliphatic rings. The number of anilines is 1. The van der Waals surface area contributed by atoms with Gasteiger partial charge in [-0.1, -0.05) is 29.3 Å². The van der Waals surface area contributed by atoms with Crippen molar-refractivity contribution in [2.75, 3.05) is 11.9 Å². The average Bonchev–Trinajstić information content (AvgIpc) is 2.74. The van der Waals surface area contributed by atoms with Crippen LogP contribution in [0.3, 0.4) is 0 Å². The highest BCUT2D eigenvalue weighted by Crippen LogP contribution is 2.28. The summed E-state index contributed by atoms with van der Waals surface area (Å²) in [6.07, 6.45) is 0.605. The lowest BCUT2D eigenvalue weighted by Gasteiger charge is -2.28. The summed E-state index contributed by atoms with van der Waals surface area (Å²) in [5.74, 6) is -0.256. The topological polar surface area (TPSA) is 66.5 Å². The Morgan fingerprint density at radius 2 is 1.50 bits per heavy atom. The number of rotatable bonds is 4. The van der Waals surface area contributed by atoms with Crippen molar-refractivity contribution in [3.05, 3.63) is 93.5 Å². The van der Waals surface area contributed by atoms with E-state index < -0.39 is 10.0 Å². The molecule has 30 heavy (non-hydrogen) atoms. The third kappa shape index (κ3) is 4.37. The van der Waals surface area contributed by atoms with E-state index in [9.17, 15) is 13.2 Å². The fraction of sp³-hybridized carbons (Fsp3) is 0.136. The van der Waals surface area contributed by atoms with Crippen LogP contribution in [0.15, 0.2) is 71.6 Å². The zero-order chi connectivity index (χ0) is 21.3. The van der Waals surface area contributed by atoms with Gasteiger partial charge in [-0.15, -0.1) is 0 Å². The number of benzene rings is 3. The van der Waals surface area contributed by atoms with Crippen LogP contribution in [0.1, 0.15) is 21.5 Å². The van der Waals surface area contributed by atoms with E-state index >= 15 is 0 Å². The molecule has 0 unspecified atom stereocenters. The Morgan fingerprint density at radius 3 is 2.17 bits per heavy atom. The van der Waals surface area contributed by atoms with Gasteiger partial charge >= 0.3 is 0 Å². The van der Waals surface area contributed by atoms with Gasteiger partial charge in [0.2, 0.25) is 10.0 Å². The molecular formula is C22H18Cl2N2O3S. The van der Waals surface area contributed by atoms with Gasteiger partial charge in [0.1, 0.15) is 0 Å². The number of nitrogens with one attached hydrogen (secondary N) is 1. The number of hydrogen-bond donors (Lipinski definition) is 1. The monoisotopic (exact) mass is 460 g/mol. The van der Waals surface area contributed by atoms with Crippen LogP contribution in [0.5, 0.6) is 0 Å². The zero-order valence-electron chi connectivity index (χ0n) is 15.8. The number of carbonyl (C=O) groups is 1. The molecular weight excluding hydrogens is 443 g/mol. The second kappa shape index (κ2) is 8.40. The normalized spacial score (nSPS) is 14.2. The quantitative estimate of drug-likeness (QED) is 0.595. The summed E-state index contributed by atoms with van der Waals surface area (Å²) >= 11 is 11.7. The van der Waals surface area contributed by atoms with Crippen LogP contribution >= 0.6 is 23.2 Å². The highest BCUT2D eigenvalue weighted by Gasteiger charge is 2.28. The third-order valence-electron chi connectivity index (χ3n) is 5.00. The highest BCUT2D eigenvalue weighted by molar-refractivity contribution is 7.89. The van der Waals surface area contributed by atoms with E-state index in [0.29, 0.717) is 34.3 Å². The number of hydrogen-bond acceptors (Lipinski definition) is 3. The lowest BCUT2D eigenvalue weighted by molar-refractivity contribution is 0.102. The molecule has 3 aromatic carbocycles. The van der Waals surface area contributed by atoms with E-state index in [-0.39, 0.29) is 17.3 Å².